The van der Waals surface area contributed by atoms with Gasteiger partial charge in [-0.2, -0.15) is 0 Å². The van der Waals surface area contributed by atoms with Gasteiger partial charge in [0.25, 0.3) is 0 Å². The van der Waals surface area contributed by atoms with Gasteiger partial charge in [-0.1, -0.05) is 0 Å². The van der Waals surface area contributed by atoms with Crippen molar-refractivity contribution in [1.29, 1.82) is 5.26 Å². The maximum atomic E-state index is 9.67. The molecular formula is C8H6BF3KN. The van der Waals surface area contributed by atoms with Crippen molar-refractivity contribution < 1.29 is 12.9 Å². The maximum absolute atomic E-state index is 9.67. The molecule has 0 atom stereocenters. The summed E-state index contributed by atoms with van der Waals surface area (Å²) in [7, 11) is -3.67. The predicted octanol–water partition coefficient (Wildman–Crippen LogP) is 2.11. The van der Waals surface area contributed by atoms with E-state index in [2.05, 4.69) is 12.1 Å². The van der Waals surface area contributed by atoms with E-state index in [4.69, 9.17) is 5.26 Å². The second kappa shape index (κ2) is 8.50. The van der Waals surface area contributed by atoms with Crippen LogP contribution in [0.1, 0.15) is 11.1 Å². The molecule has 0 N–H and O–H groups in total. The molecule has 0 bridgehead atoms. The van der Waals surface area contributed by atoms with Crippen LogP contribution in [0.2, 0.25) is 0 Å². The van der Waals surface area contributed by atoms with Crippen molar-refractivity contribution in [2.45, 2.75) is 0.515 Å². The number of nitrogens with zero attached hydrogens (tertiary/aromatic N) is 1. The molecule has 0 aliphatic rings. The summed E-state index contributed by atoms with van der Waals surface area (Å²) >= 11 is 0.848. The number of hydrogen-bond donors (Lipinski definition) is 0. The van der Waals surface area contributed by atoms with Crippen molar-refractivity contribution in [3.8, 4) is 6.07 Å². The number of hydrogen-bond acceptors (Lipinski definition) is 1. The molecule has 1 rings (SSSR count). The fourth-order valence-corrected chi connectivity index (χ4v) is 1.55. The van der Waals surface area contributed by atoms with E-state index in [9.17, 15) is 12.9 Å². The first-order valence-electron chi connectivity index (χ1n) is 4.01. The fourth-order valence-electron chi connectivity index (χ4n) is 0.861. The summed E-state index contributed by atoms with van der Waals surface area (Å²) in [6, 6.07) is 9.95. The van der Waals surface area contributed by atoms with Crippen LogP contribution in [-0.2, 0) is 0.515 Å². The second-order valence-electron chi connectivity index (χ2n) is 2.41. The summed E-state index contributed by atoms with van der Waals surface area (Å²) in [5, 5.41) is 8.52. The summed E-state index contributed by atoms with van der Waals surface area (Å²) in [4.78, 5) is 0. The van der Waals surface area contributed by atoms with Crippen molar-refractivity contribution in [2.75, 3.05) is 0 Å². The number of rotatable bonds is 1. The Morgan fingerprint density at radius 2 is 1.93 bits per heavy atom. The topological polar surface area (TPSA) is 23.8 Å². The van der Waals surface area contributed by atoms with E-state index in [1.54, 1.807) is 0 Å². The van der Waals surface area contributed by atoms with E-state index in [0.717, 1.165) is 54.5 Å². The number of halogens is 3. The van der Waals surface area contributed by atoms with Gasteiger partial charge in [-0.25, -0.2) is 0 Å². The molecule has 0 aliphatic carbocycles. The van der Waals surface area contributed by atoms with E-state index in [1.807, 2.05) is 18.2 Å². The Hall–Kier alpha value is 0.201. The Balaban J connectivity index is 0.000000364. The average Bonchev–Trinajstić information content (AvgIpc) is 2.17. The Labute approximate surface area is 115 Å². The summed E-state index contributed by atoms with van der Waals surface area (Å²) in [5.74, 6) is 0. The van der Waals surface area contributed by atoms with Crippen LogP contribution in [0.25, 0.3) is 0 Å². The van der Waals surface area contributed by atoms with Crippen molar-refractivity contribution in [3.63, 3.8) is 0 Å². The minimum atomic E-state index is -3.67. The van der Waals surface area contributed by atoms with Gasteiger partial charge in [0.1, 0.15) is 0 Å². The first-order valence-corrected chi connectivity index (χ1v) is 6.22. The minimum absolute atomic E-state index is 0.779. The van der Waals surface area contributed by atoms with Gasteiger partial charge in [-0.05, 0) is 0 Å². The van der Waals surface area contributed by atoms with Gasteiger partial charge in [0, 0.05) is 0 Å². The molecule has 1 aromatic carbocycles. The molecule has 0 unspecified atom stereocenters. The zero-order chi connectivity index (χ0) is 11.0. The van der Waals surface area contributed by atoms with E-state index < -0.39 is 7.54 Å². The normalized spacial score (nSPS) is 8.29. The molecule has 68 valence electrons. The standard InChI is InChI=1S/C8H6N.BF3.K/c1-7-3-2-4-8(5-7)6-9;2-1(3)4;/h2-5H,1H2;;. The second-order valence-corrected chi connectivity index (χ2v) is 3.52. The summed E-state index contributed by atoms with van der Waals surface area (Å²) < 4.78 is 30.2. The van der Waals surface area contributed by atoms with Crippen molar-refractivity contribution in [3.05, 3.63) is 35.4 Å². The van der Waals surface area contributed by atoms with Gasteiger partial charge in [0.15, 0.2) is 0 Å². The van der Waals surface area contributed by atoms with Crippen LogP contribution in [0.3, 0.4) is 0 Å². The predicted molar refractivity (Wildman–Crippen MR) is 49.7 cm³/mol. The molecule has 0 radical (unpaired) electrons. The van der Waals surface area contributed by atoms with Gasteiger partial charge in [-0.3, -0.25) is 12.9 Å². The summed E-state index contributed by atoms with van der Waals surface area (Å²) in [6.07, 6.45) is 0. The molecular weight excluding hydrogens is 217 g/mol. The Bertz CT molecular complexity index is 311. The fraction of sp³-hybridized carbons (Fsp3) is 0.125. The molecule has 0 fully saturated rings. The molecule has 1 aromatic rings. The van der Waals surface area contributed by atoms with Crippen LogP contribution < -0.4 is 0 Å². The molecule has 6 heteroatoms. The molecule has 0 amide bonds. The molecule has 0 spiro atoms. The average molecular weight is 223 g/mol. The van der Waals surface area contributed by atoms with E-state index >= 15 is 0 Å². The summed E-state index contributed by atoms with van der Waals surface area (Å²) in [5.41, 5.74) is 2.08. The van der Waals surface area contributed by atoms with Gasteiger partial charge in [-0.15, -0.1) is 0 Å². The van der Waals surface area contributed by atoms with Crippen molar-refractivity contribution >= 4 is 56.5 Å². The first-order chi connectivity index (χ1) is 6.60. The van der Waals surface area contributed by atoms with Gasteiger partial charge in [0.05, 0.1) is 0 Å². The van der Waals surface area contributed by atoms with Gasteiger partial charge in [0.2, 0.25) is 0 Å². The van der Waals surface area contributed by atoms with Crippen LogP contribution in [0.5, 0.6) is 0 Å². The number of nitriles is 1. The van der Waals surface area contributed by atoms with Crippen molar-refractivity contribution in [1.82, 2.24) is 0 Å². The Morgan fingerprint density at radius 1 is 1.36 bits per heavy atom. The van der Waals surface area contributed by atoms with Crippen LogP contribution in [0.15, 0.2) is 24.3 Å². The molecule has 0 saturated carbocycles. The zero-order valence-corrected chi connectivity index (χ0v) is 10.8. The molecule has 0 heterocycles. The molecule has 0 aliphatic heterocycles. The van der Waals surface area contributed by atoms with E-state index in [1.165, 1.54) is 6.08 Å². The zero-order valence-electron chi connectivity index (χ0n) is 7.67. The van der Waals surface area contributed by atoms with Crippen molar-refractivity contribution in [2.24, 2.45) is 0 Å². The third-order valence-corrected chi connectivity index (χ3v) is 2.74. The summed E-state index contributed by atoms with van der Waals surface area (Å²) in [6.45, 7) is 0. The van der Waals surface area contributed by atoms with Gasteiger partial charge < -0.3 is 0 Å². The quantitative estimate of drug-likeness (QED) is 0.669. The first kappa shape index (κ1) is 14.2. The van der Waals surface area contributed by atoms with E-state index in [0.29, 0.717) is 0 Å². The third kappa shape index (κ3) is 7.59. The Morgan fingerprint density at radius 3 is 2.36 bits per heavy atom. The molecule has 0 aromatic heterocycles. The monoisotopic (exact) mass is 223 g/mol. The van der Waals surface area contributed by atoms with Crippen LogP contribution in [0, 0.1) is 11.3 Å². The molecule has 1 nitrogen and oxygen atoms in total. The van der Waals surface area contributed by atoms with E-state index in [-0.39, 0.29) is 0 Å². The molecule has 0 saturated heterocycles. The van der Waals surface area contributed by atoms with Gasteiger partial charge >= 0.3 is 104 Å². The number of benzene rings is 1. The van der Waals surface area contributed by atoms with Crippen LogP contribution >= 0.6 is 0 Å². The molecule has 14 heavy (non-hydrogen) atoms. The Kier molecular flexibility index (Phi) is 8.63. The third-order valence-electron chi connectivity index (χ3n) is 1.46. The van der Waals surface area contributed by atoms with Crippen LogP contribution in [-0.4, -0.2) is 56.5 Å². The van der Waals surface area contributed by atoms with Crippen LogP contribution in [0.4, 0.5) is 12.9 Å². The SMILES string of the molecule is FB(F)F.N#Cc1cccc([CH2][K])c1.